The molecule has 2 saturated heterocycles. The zero-order chi connectivity index (χ0) is 12.8. The van der Waals surface area contributed by atoms with E-state index in [0.717, 1.165) is 18.9 Å². The van der Waals surface area contributed by atoms with Crippen LogP contribution < -0.4 is 10.5 Å². The Bertz CT molecular complexity index is 433. The summed E-state index contributed by atoms with van der Waals surface area (Å²) in [4.78, 5) is 6.78. The van der Waals surface area contributed by atoms with Gasteiger partial charge in [0, 0.05) is 44.8 Å². The van der Waals surface area contributed by atoms with Crippen molar-refractivity contribution in [2.75, 3.05) is 45.3 Å². The van der Waals surface area contributed by atoms with E-state index in [1.165, 1.54) is 18.7 Å². The van der Waals surface area contributed by atoms with Crippen molar-refractivity contribution in [1.29, 1.82) is 0 Å². The lowest BCUT2D eigenvalue weighted by Gasteiger charge is -2.59. The fraction of sp³-hybridized carbons (Fsp3) is 0.615. The first-order valence-electron chi connectivity index (χ1n) is 6.43. The zero-order valence-corrected chi connectivity index (χ0v) is 11.3. The topological polar surface area (TPSA) is 34.6 Å². The average molecular weight is 247 g/mol. The molecule has 0 amide bonds. The van der Waals surface area contributed by atoms with E-state index in [9.17, 15) is 0 Å². The summed E-state index contributed by atoms with van der Waals surface area (Å²) in [5.74, 6) is 0.990. The molecule has 0 saturated carbocycles. The number of nitrogens with zero attached hydrogens (tertiary/aromatic N) is 4. The standard InChI is InChI=1S/C13H21N5/c1-11-5-4-6-14-12(11)17(3)15-18-9-13(10-18)7-16(2)8-13/h4-6,15H,7-10H2,1-3H3. The maximum absolute atomic E-state index is 4.40. The van der Waals surface area contributed by atoms with E-state index in [2.05, 4.69) is 40.5 Å². The van der Waals surface area contributed by atoms with Crippen molar-refractivity contribution in [3.8, 4) is 0 Å². The van der Waals surface area contributed by atoms with E-state index in [0.29, 0.717) is 5.41 Å². The third-order valence-corrected chi connectivity index (χ3v) is 3.85. The molecule has 0 unspecified atom stereocenters. The Morgan fingerprint density at radius 2 is 2.06 bits per heavy atom. The molecule has 1 spiro atoms. The van der Waals surface area contributed by atoms with Crippen molar-refractivity contribution in [3.63, 3.8) is 0 Å². The van der Waals surface area contributed by atoms with Gasteiger partial charge in [0.1, 0.15) is 5.82 Å². The highest BCUT2D eigenvalue weighted by Gasteiger charge is 2.50. The smallest absolute Gasteiger partial charge is 0.146 e. The molecule has 18 heavy (non-hydrogen) atoms. The number of hydrogen-bond donors (Lipinski definition) is 1. The molecule has 98 valence electrons. The zero-order valence-electron chi connectivity index (χ0n) is 11.3. The summed E-state index contributed by atoms with van der Waals surface area (Å²) in [5.41, 5.74) is 5.14. The highest BCUT2D eigenvalue weighted by Crippen LogP contribution is 2.37. The van der Waals surface area contributed by atoms with E-state index in [4.69, 9.17) is 0 Å². The van der Waals surface area contributed by atoms with E-state index in [-0.39, 0.29) is 0 Å². The molecule has 1 N–H and O–H groups in total. The summed E-state index contributed by atoms with van der Waals surface area (Å²) in [6.45, 7) is 6.81. The minimum atomic E-state index is 0.557. The van der Waals surface area contributed by atoms with Gasteiger partial charge in [0.25, 0.3) is 0 Å². The van der Waals surface area contributed by atoms with Crippen LogP contribution in [-0.4, -0.2) is 55.2 Å². The SMILES string of the molecule is Cc1cccnc1N(C)NN1CC2(CN(C)C2)C1. The first-order chi connectivity index (χ1) is 8.58. The second kappa shape index (κ2) is 4.19. The van der Waals surface area contributed by atoms with Gasteiger partial charge in [0.2, 0.25) is 0 Å². The molecule has 1 aromatic rings. The Morgan fingerprint density at radius 1 is 1.33 bits per heavy atom. The molecule has 2 aliphatic heterocycles. The molecule has 5 heteroatoms. The van der Waals surface area contributed by atoms with Crippen LogP contribution in [0.2, 0.25) is 0 Å². The fourth-order valence-electron chi connectivity index (χ4n) is 3.22. The lowest BCUT2D eigenvalue weighted by molar-refractivity contribution is -0.127. The summed E-state index contributed by atoms with van der Waals surface area (Å²) in [6.07, 6.45) is 1.83. The molecule has 0 aromatic carbocycles. The number of likely N-dealkylation sites (tertiary alicyclic amines) is 1. The quantitative estimate of drug-likeness (QED) is 0.787. The number of aryl methyl sites for hydroxylation is 1. The Balaban J connectivity index is 1.54. The Morgan fingerprint density at radius 3 is 2.67 bits per heavy atom. The van der Waals surface area contributed by atoms with E-state index >= 15 is 0 Å². The molecule has 0 bridgehead atoms. The Hall–Kier alpha value is -1.17. The lowest BCUT2D eigenvalue weighted by atomic mass is 9.74. The first kappa shape index (κ1) is 11.9. The van der Waals surface area contributed by atoms with Crippen LogP contribution in [0.5, 0.6) is 0 Å². The molecular weight excluding hydrogens is 226 g/mol. The third-order valence-electron chi connectivity index (χ3n) is 3.85. The van der Waals surface area contributed by atoms with E-state index < -0.39 is 0 Å². The van der Waals surface area contributed by atoms with Gasteiger partial charge in [-0.05, 0) is 25.6 Å². The minimum Gasteiger partial charge on any atom is -0.305 e. The molecule has 2 fully saturated rings. The molecule has 1 aromatic heterocycles. The van der Waals surface area contributed by atoms with Gasteiger partial charge in [-0.3, -0.25) is 5.01 Å². The molecule has 3 heterocycles. The number of rotatable bonds is 3. The molecule has 0 aliphatic carbocycles. The number of hydrogen-bond acceptors (Lipinski definition) is 5. The summed E-state index contributed by atoms with van der Waals surface area (Å²) in [5, 5.41) is 4.27. The Labute approximate surface area is 108 Å². The van der Waals surface area contributed by atoms with Crippen LogP contribution in [0.3, 0.4) is 0 Å². The second-order valence-electron chi connectivity index (χ2n) is 5.83. The van der Waals surface area contributed by atoms with Crippen molar-refractivity contribution in [3.05, 3.63) is 23.9 Å². The fourth-order valence-corrected chi connectivity index (χ4v) is 3.22. The van der Waals surface area contributed by atoms with Crippen molar-refractivity contribution >= 4 is 5.82 Å². The van der Waals surface area contributed by atoms with Gasteiger partial charge in [0.15, 0.2) is 0 Å². The van der Waals surface area contributed by atoms with Gasteiger partial charge in [-0.25, -0.2) is 9.99 Å². The highest BCUT2D eigenvalue weighted by atomic mass is 15.8. The van der Waals surface area contributed by atoms with Crippen LogP contribution in [0.25, 0.3) is 0 Å². The van der Waals surface area contributed by atoms with Crippen molar-refractivity contribution < 1.29 is 0 Å². The number of aromatic nitrogens is 1. The molecule has 0 radical (unpaired) electrons. The number of hydrazine groups is 2. The minimum absolute atomic E-state index is 0.557. The van der Waals surface area contributed by atoms with Crippen molar-refractivity contribution in [2.45, 2.75) is 6.92 Å². The van der Waals surface area contributed by atoms with Crippen LogP contribution >= 0.6 is 0 Å². The maximum atomic E-state index is 4.40. The molecule has 3 rings (SSSR count). The third kappa shape index (κ3) is 1.98. The summed E-state index contributed by atoms with van der Waals surface area (Å²) < 4.78 is 0. The molecule has 5 nitrogen and oxygen atoms in total. The van der Waals surface area contributed by atoms with Gasteiger partial charge in [-0.15, -0.1) is 0 Å². The normalized spacial score (nSPS) is 22.6. The highest BCUT2D eigenvalue weighted by molar-refractivity contribution is 5.43. The summed E-state index contributed by atoms with van der Waals surface area (Å²) >= 11 is 0. The van der Waals surface area contributed by atoms with Crippen LogP contribution in [0.15, 0.2) is 18.3 Å². The number of anilines is 1. The van der Waals surface area contributed by atoms with Crippen LogP contribution in [-0.2, 0) is 0 Å². The summed E-state index contributed by atoms with van der Waals surface area (Å²) in [6, 6.07) is 4.05. The van der Waals surface area contributed by atoms with Crippen molar-refractivity contribution in [2.24, 2.45) is 5.41 Å². The van der Waals surface area contributed by atoms with Gasteiger partial charge in [-0.1, -0.05) is 6.07 Å². The van der Waals surface area contributed by atoms with Gasteiger partial charge >= 0.3 is 0 Å². The predicted octanol–water partition coefficient (Wildman–Crippen LogP) is 0.493. The van der Waals surface area contributed by atoms with Gasteiger partial charge in [-0.2, -0.15) is 5.53 Å². The second-order valence-corrected chi connectivity index (χ2v) is 5.83. The van der Waals surface area contributed by atoms with E-state index in [1.54, 1.807) is 0 Å². The molecule has 0 atom stereocenters. The van der Waals surface area contributed by atoms with Gasteiger partial charge < -0.3 is 4.90 Å². The molecule has 2 aliphatic rings. The van der Waals surface area contributed by atoms with Crippen LogP contribution in [0, 0.1) is 12.3 Å². The molecular formula is C13H21N5. The maximum Gasteiger partial charge on any atom is 0.146 e. The Kier molecular flexibility index (Phi) is 2.77. The monoisotopic (exact) mass is 247 g/mol. The number of nitrogens with one attached hydrogen (secondary N) is 1. The van der Waals surface area contributed by atoms with Gasteiger partial charge in [0.05, 0.1) is 0 Å². The summed E-state index contributed by atoms with van der Waals surface area (Å²) in [7, 11) is 4.21. The van der Waals surface area contributed by atoms with Crippen molar-refractivity contribution in [1.82, 2.24) is 20.4 Å². The number of pyridine rings is 1. The van der Waals surface area contributed by atoms with E-state index in [1.807, 2.05) is 24.3 Å². The van der Waals surface area contributed by atoms with Crippen LogP contribution in [0.4, 0.5) is 5.82 Å². The lowest BCUT2D eigenvalue weighted by Crippen LogP contribution is -2.74. The largest absolute Gasteiger partial charge is 0.305 e. The first-order valence-corrected chi connectivity index (χ1v) is 6.43. The van der Waals surface area contributed by atoms with Crippen LogP contribution in [0.1, 0.15) is 5.56 Å². The average Bonchev–Trinajstić information content (AvgIpc) is 2.24. The predicted molar refractivity (Wildman–Crippen MR) is 72.0 cm³/mol.